The molecule has 0 aromatic carbocycles. The zero-order valence-corrected chi connectivity index (χ0v) is 12.5. The van der Waals surface area contributed by atoms with E-state index in [4.69, 9.17) is 4.74 Å². The van der Waals surface area contributed by atoms with Crippen molar-refractivity contribution in [3.63, 3.8) is 0 Å². The Kier molecular flexibility index (Phi) is 4.99. The molecule has 16 heavy (non-hydrogen) atoms. The summed E-state index contributed by atoms with van der Waals surface area (Å²) in [5, 5.41) is 6.87. The molecule has 98 valence electrons. The molecular formula is C13H30N2O. The van der Waals surface area contributed by atoms with E-state index in [1.165, 1.54) is 0 Å². The summed E-state index contributed by atoms with van der Waals surface area (Å²) in [7, 11) is 0. The number of hydrogen-bond acceptors (Lipinski definition) is 3. The number of rotatable bonds is 3. The van der Waals surface area contributed by atoms with Crippen molar-refractivity contribution in [3.8, 4) is 0 Å². The Morgan fingerprint density at radius 3 is 1.19 bits per heavy atom. The van der Waals surface area contributed by atoms with Gasteiger partial charge in [-0.1, -0.05) is 0 Å². The van der Waals surface area contributed by atoms with E-state index < -0.39 is 0 Å². The number of ether oxygens (including phenoxy) is 1. The molecular weight excluding hydrogens is 200 g/mol. The molecule has 0 saturated carbocycles. The van der Waals surface area contributed by atoms with Crippen molar-refractivity contribution in [2.24, 2.45) is 0 Å². The third kappa shape index (κ3) is 10.4. The highest BCUT2D eigenvalue weighted by molar-refractivity contribution is 4.79. The van der Waals surface area contributed by atoms with Gasteiger partial charge in [0.15, 0.2) is 6.35 Å². The van der Waals surface area contributed by atoms with Crippen LogP contribution in [0.1, 0.15) is 62.3 Å². The summed E-state index contributed by atoms with van der Waals surface area (Å²) in [5.41, 5.74) is -0.122. The second kappa shape index (κ2) is 5.03. The molecule has 0 aromatic heterocycles. The van der Waals surface area contributed by atoms with Gasteiger partial charge in [-0.15, -0.1) is 0 Å². The van der Waals surface area contributed by atoms with Crippen molar-refractivity contribution in [3.05, 3.63) is 0 Å². The van der Waals surface area contributed by atoms with E-state index >= 15 is 0 Å². The minimum Gasteiger partial charge on any atom is -0.344 e. The van der Waals surface area contributed by atoms with E-state index in [9.17, 15) is 0 Å². The maximum atomic E-state index is 5.97. The van der Waals surface area contributed by atoms with E-state index in [2.05, 4.69) is 72.9 Å². The third-order valence-corrected chi connectivity index (χ3v) is 1.60. The summed E-state index contributed by atoms with van der Waals surface area (Å²) < 4.78 is 5.97. The molecule has 3 nitrogen and oxygen atoms in total. The van der Waals surface area contributed by atoms with Gasteiger partial charge in [-0.05, 0) is 62.3 Å². The van der Waals surface area contributed by atoms with E-state index in [1.54, 1.807) is 0 Å². The first-order chi connectivity index (χ1) is 6.79. The molecule has 0 atom stereocenters. The Labute approximate surface area is 101 Å². The monoisotopic (exact) mass is 230 g/mol. The Hall–Kier alpha value is -0.120. The molecule has 0 spiro atoms. The SMILES string of the molecule is CC(C)(C)NC(NC(C)(C)C)OC(C)(C)C. The Morgan fingerprint density at radius 2 is 1.00 bits per heavy atom. The molecule has 0 aromatic rings. The van der Waals surface area contributed by atoms with Crippen LogP contribution >= 0.6 is 0 Å². The molecule has 2 N–H and O–H groups in total. The molecule has 0 aliphatic rings. The van der Waals surface area contributed by atoms with Crippen LogP contribution in [0.15, 0.2) is 0 Å². The molecule has 0 bridgehead atoms. The first-order valence-corrected chi connectivity index (χ1v) is 6.02. The van der Waals surface area contributed by atoms with E-state index in [0.717, 1.165) is 0 Å². The predicted molar refractivity (Wildman–Crippen MR) is 70.4 cm³/mol. The summed E-state index contributed by atoms with van der Waals surface area (Å²) in [5.74, 6) is 0. The molecule has 0 aliphatic carbocycles. The van der Waals surface area contributed by atoms with Gasteiger partial charge in [0, 0.05) is 11.1 Å². The Balaban J connectivity index is 4.53. The fourth-order valence-corrected chi connectivity index (χ4v) is 1.24. The van der Waals surface area contributed by atoms with Crippen LogP contribution in [0.5, 0.6) is 0 Å². The maximum absolute atomic E-state index is 5.97. The fraction of sp³-hybridized carbons (Fsp3) is 1.00. The summed E-state index contributed by atoms with van der Waals surface area (Å²) in [6.07, 6.45) is -0.139. The first-order valence-electron chi connectivity index (χ1n) is 6.02. The van der Waals surface area contributed by atoms with E-state index in [0.29, 0.717) is 0 Å². The zero-order chi connectivity index (χ0) is 13.2. The third-order valence-electron chi connectivity index (χ3n) is 1.60. The van der Waals surface area contributed by atoms with E-state index in [1.807, 2.05) is 0 Å². The lowest BCUT2D eigenvalue weighted by molar-refractivity contribution is -0.108. The average Bonchev–Trinajstić information content (AvgIpc) is 1.70. The zero-order valence-electron chi connectivity index (χ0n) is 12.5. The molecule has 0 heterocycles. The van der Waals surface area contributed by atoms with Crippen molar-refractivity contribution in [2.75, 3.05) is 0 Å². The highest BCUT2D eigenvalue weighted by Gasteiger charge is 2.26. The van der Waals surface area contributed by atoms with Crippen molar-refractivity contribution in [2.45, 2.75) is 85.3 Å². The van der Waals surface area contributed by atoms with E-state index in [-0.39, 0.29) is 23.0 Å². The molecule has 0 unspecified atom stereocenters. The molecule has 0 radical (unpaired) electrons. The minimum atomic E-state index is -0.166. The van der Waals surface area contributed by atoms with Gasteiger partial charge in [0.1, 0.15) is 0 Å². The normalized spacial score (nSPS) is 14.6. The van der Waals surface area contributed by atoms with Crippen LogP contribution in [-0.4, -0.2) is 23.0 Å². The van der Waals surface area contributed by atoms with Crippen LogP contribution in [0.3, 0.4) is 0 Å². The lowest BCUT2D eigenvalue weighted by Crippen LogP contribution is -2.59. The standard InChI is InChI=1S/C13H30N2O/c1-11(2,3)14-10(15-12(4,5)6)16-13(7,8)9/h10,14-15H,1-9H3. The summed E-state index contributed by atoms with van der Waals surface area (Å²) in [6.45, 7) is 19.0. The number of nitrogens with one attached hydrogen (secondary N) is 2. The van der Waals surface area contributed by atoms with Gasteiger partial charge in [-0.3, -0.25) is 10.6 Å². The molecule has 0 saturated heterocycles. The Bertz CT molecular complexity index is 167. The van der Waals surface area contributed by atoms with Crippen LogP contribution in [0, 0.1) is 0 Å². The minimum absolute atomic E-state index is 0.0220. The topological polar surface area (TPSA) is 33.3 Å². The smallest absolute Gasteiger partial charge is 0.164 e. The average molecular weight is 230 g/mol. The highest BCUT2D eigenvalue weighted by atomic mass is 16.5. The van der Waals surface area contributed by atoms with Crippen molar-refractivity contribution in [1.82, 2.24) is 10.6 Å². The van der Waals surface area contributed by atoms with Crippen molar-refractivity contribution in [1.29, 1.82) is 0 Å². The van der Waals surface area contributed by atoms with Gasteiger partial charge in [-0.25, -0.2) is 0 Å². The molecule has 3 heteroatoms. The second-order valence-corrected chi connectivity index (χ2v) is 7.40. The summed E-state index contributed by atoms with van der Waals surface area (Å²) >= 11 is 0. The van der Waals surface area contributed by atoms with Crippen molar-refractivity contribution < 1.29 is 4.74 Å². The van der Waals surface area contributed by atoms with Crippen LogP contribution < -0.4 is 10.6 Å². The lowest BCUT2D eigenvalue weighted by atomic mass is 10.1. The quantitative estimate of drug-likeness (QED) is 0.731. The van der Waals surface area contributed by atoms with Gasteiger partial charge in [0.05, 0.1) is 5.60 Å². The maximum Gasteiger partial charge on any atom is 0.164 e. The molecule has 0 rings (SSSR count). The fourth-order valence-electron chi connectivity index (χ4n) is 1.24. The largest absolute Gasteiger partial charge is 0.344 e. The van der Waals surface area contributed by atoms with Gasteiger partial charge in [0.25, 0.3) is 0 Å². The highest BCUT2D eigenvalue weighted by Crippen LogP contribution is 2.13. The molecule has 0 amide bonds. The second-order valence-electron chi connectivity index (χ2n) is 7.40. The van der Waals surface area contributed by atoms with Gasteiger partial charge < -0.3 is 4.74 Å². The first kappa shape index (κ1) is 15.9. The van der Waals surface area contributed by atoms with Crippen LogP contribution in [-0.2, 0) is 4.74 Å². The molecule has 0 fully saturated rings. The summed E-state index contributed by atoms with van der Waals surface area (Å²) in [6, 6.07) is 0. The van der Waals surface area contributed by atoms with Crippen LogP contribution in [0.4, 0.5) is 0 Å². The molecule has 0 aliphatic heterocycles. The van der Waals surface area contributed by atoms with Gasteiger partial charge in [0.2, 0.25) is 0 Å². The lowest BCUT2D eigenvalue weighted by Gasteiger charge is -2.37. The van der Waals surface area contributed by atoms with Gasteiger partial charge in [-0.2, -0.15) is 0 Å². The predicted octanol–water partition coefficient (Wildman–Crippen LogP) is 2.86. The van der Waals surface area contributed by atoms with Crippen molar-refractivity contribution >= 4 is 0 Å². The Morgan fingerprint density at radius 1 is 0.688 bits per heavy atom. The van der Waals surface area contributed by atoms with Crippen LogP contribution in [0.2, 0.25) is 0 Å². The number of hydrogen-bond donors (Lipinski definition) is 2. The van der Waals surface area contributed by atoms with Gasteiger partial charge >= 0.3 is 0 Å². The summed E-state index contributed by atoms with van der Waals surface area (Å²) in [4.78, 5) is 0. The van der Waals surface area contributed by atoms with Crippen LogP contribution in [0.25, 0.3) is 0 Å².